The Kier molecular flexibility index (Phi) is 6.37. The van der Waals surface area contributed by atoms with E-state index in [1.807, 2.05) is 30.3 Å². The summed E-state index contributed by atoms with van der Waals surface area (Å²) in [5, 5.41) is 4.15. The molecule has 0 spiro atoms. The van der Waals surface area contributed by atoms with E-state index in [0.29, 0.717) is 12.3 Å². The van der Waals surface area contributed by atoms with Gasteiger partial charge in [0.05, 0.1) is 5.71 Å². The molecule has 3 nitrogen and oxygen atoms in total. The first-order chi connectivity index (χ1) is 13.5. The molecule has 0 heterocycles. The van der Waals surface area contributed by atoms with Crippen LogP contribution in [0.15, 0.2) is 78.0 Å². The Morgan fingerprint density at radius 2 is 1.64 bits per heavy atom. The van der Waals surface area contributed by atoms with Gasteiger partial charge in [0.2, 0.25) is 0 Å². The summed E-state index contributed by atoms with van der Waals surface area (Å²) < 4.78 is 28.8. The van der Waals surface area contributed by atoms with Crippen LogP contribution >= 0.6 is 0 Å². The number of halogens is 2. The molecule has 0 radical (unpaired) electrons. The first-order valence-corrected chi connectivity index (χ1v) is 8.90. The van der Waals surface area contributed by atoms with E-state index < -0.39 is 6.61 Å². The Labute approximate surface area is 163 Å². The summed E-state index contributed by atoms with van der Waals surface area (Å²) in [6.07, 6.45) is 0. The van der Waals surface area contributed by atoms with E-state index in [4.69, 9.17) is 4.84 Å². The van der Waals surface area contributed by atoms with Crippen molar-refractivity contribution >= 4 is 5.71 Å². The molecule has 28 heavy (non-hydrogen) atoms. The van der Waals surface area contributed by atoms with Gasteiger partial charge in [-0.05, 0) is 65.9 Å². The van der Waals surface area contributed by atoms with E-state index in [9.17, 15) is 8.78 Å². The number of hydrogen-bond acceptors (Lipinski definition) is 3. The molecule has 0 aliphatic rings. The largest absolute Gasteiger partial charge is 0.435 e. The van der Waals surface area contributed by atoms with Crippen molar-refractivity contribution in [3.05, 3.63) is 89.5 Å². The molecule has 0 atom stereocenters. The first kappa shape index (κ1) is 19.5. The maximum absolute atomic E-state index is 12.2. The summed E-state index contributed by atoms with van der Waals surface area (Å²) in [6.45, 7) is 1.38. The molecule has 0 fully saturated rings. The summed E-state index contributed by atoms with van der Waals surface area (Å²) in [4.78, 5) is 5.54. The fourth-order valence-corrected chi connectivity index (χ4v) is 2.90. The molecular formula is C23H21F2NO2. The molecule has 0 amide bonds. The van der Waals surface area contributed by atoms with Crippen LogP contribution in [0.2, 0.25) is 0 Å². The maximum Gasteiger partial charge on any atom is 0.387 e. The second kappa shape index (κ2) is 9.13. The third-order valence-electron chi connectivity index (χ3n) is 4.45. The Hall–Kier alpha value is -3.21. The van der Waals surface area contributed by atoms with Crippen LogP contribution in [-0.4, -0.2) is 12.3 Å². The predicted molar refractivity (Wildman–Crippen MR) is 107 cm³/mol. The number of benzene rings is 3. The lowest BCUT2D eigenvalue weighted by atomic mass is 9.97. The van der Waals surface area contributed by atoms with Crippen molar-refractivity contribution in [2.45, 2.75) is 27.1 Å². The van der Waals surface area contributed by atoms with Crippen LogP contribution in [0.5, 0.6) is 5.75 Å². The minimum Gasteiger partial charge on any atom is -0.435 e. The van der Waals surface area contributed by atoms with Crippen LogP contribution in [0.4, 0.5) is 8.78 Å². The van der Waals surface area contributed by atoms with Crippen molar-refractivity contribution in [3.8, 4) is 16.9 Å². The van der Waals surface area contributed by atoms with E-state index in [1.165, 1.54) is 12.1 Å². The van der Waals surface area contributed by atoms with Crippen molar-refractivity contribution in [1.29, 1.82) is 0 Å². The molecule has 0 unspecified atom stereocenters. The molecule has 0 N–H and O–H groups in total. The zero-order valence-electron chi connectivity index (χ0n) is 15.7. The minimum atomic E-state index is -2.83. The monoisotopic (exact) mass is 381 g/mol. The molecule has 5 heteroatoms. The molecule has 3 aromatic rings. The predicted octanol–water partition coefficient (Wildman–Crippen LogP) is 6.20. The number of alkyl halides is 2. The SMILES string of the molecule is C/C(=N\OCc1cccc(-c2ccccc2)c1C)c1ccc(OC(F)F)cc1. The van der Waals surface area contributed by atoms with Gasteiger partial charge in [0.25, 0.3) is 0 Å². The molecule has 0 saturated heterocycles. The standard InChI is InChI=1S/C23H21F2NO2/c1-16-20(9-6-10-22(16)19-7-4-3-5-8-19)15-27-26-17(2)18-11-13-21(14-12-18)28-23(24)25/h3-14,23H,15H2,1-2H3/b26-17+. The van der Waals surface area contributed by atoms with Gasteiger partial charge in [-0.2, -0.15) is 8.78 Å². The van der Waals surface area contributed by atoms with E-state index in [2.05, 4.69) is 35.0 Å². The lowest BCUT2D eigenvalue weighted by Crippen LogP contribution is -2.02. The van der Waals surface area contributed by atoms with Crippen LogP contribution in [0, 0.1) is 6.92 Å². The number of oxime groups is 1. The minimum absolute atomic E-state index is 0.112. The van der Waals surface area contributed by atoms with Gasteiger partial charge in [-0.1, -0.05) is 53.7 Å². The van der Waals surface area contributed by atoms with Gasteiger partial charge in [0.15, 0.2) is 0 Å². The third kappa shape index (κ3) is 4.94. The van der Waals surface area contributed by atoms with E-state index in [-0.39, 0.29) is 5.75 Å². The van der Waals surface area contributed by atoms with Crippen LogP contribution in [0.3, 0.4) is 0 Å². The molecule has 3 aromatic carbocycles. The van der Waals surface area contributed by atoms with Crippen molar-refractivity contribution < 1.29 is 18.4 Å². The second-order valence-electron chi connectivity index (χ2n) is 6.31. The average Bonchev–Trinajstić information content (AvgIpc) is 2.70. The van der Waals surface area contributed by atoms with Crippen LogP contribution in [0.25, 0.3) is 11.1 Å². The van der Waals surface area contributed by atoms with Gasteiger partial charge in [-0.3, -0.25) is 0 Å². The van der Waals surface area contributed by atoms with Crippen molar-refractivity contribution in [3.63, 3.8) is 0 Å². The highest BCUT2D eigenvalue weighted by Crippen LogP contribution is 2.26. The lowest BCUT2D eigenvalue weighted by Gasteiger charge is -2.11. The summed E-state index contributed by atoms with van der Waals surface area (Å²) in [5.41, 5.74) is 5.95. The van der Waals surface area contributed by atoms with Crippen molar-refractivity contribution in [1.82, 2.24) is 0 Å². The quantitative estimate of drug-likeness (QED) is 0.360. The van der Waals surface area contributed by atoms with Crippen LogP contribution in [-0.2, 0) is 11.4 Å². The van der Waals surface area contributed by atoms with Crippen molar-refractivity contribution in [2.75, 3.05) is 0 Å². The number of hydrogen-bond donors (Lipinski definition) is 0. The Morgan fingerprint density at radius 3 is 2.32 bits per heavy atom. The average molecular weight is 381 g/mol. The summed E-state index contributed by atoms with van der Waals surface area (Å²) >= 11 is 0. The van der Waals surface area contributed by atoms with Crippen LogP contribution < -0.4 is 4.74 Å². The van der Waals surface area contributed by atoms with Crippen molar-refractivity contribution in [2.24, 2.45) is 5.16 Å². The zero-order chi connectivity index (χ0) is 19.9. The maximum atomic E-state index is 12.2. The topological polar surface area (TPSA) is 30.8 Å². The van der Waals surface area contributed by atoms with Gasteiger partial charge in [-0.25, -0.2) is 0 Å². The highest BCUT2D eigenvalue weighted by Gasteiger charge is 2.07. The molecule has 0 aromatic heterocycles. The fourth-order valence-electron chi connectivity index (χ4n) is 2.90. The number of rotatable bonds is 7. The molecule has 0 aliphatic heterocycles. The Balaban J connectivity index is 1.67. The molecule has 0 saturated carbocycles. The normalized spacial score (nSPS) is 11.5. The Bertz CT molecular complexity index is 939. The number of ether oxygens (including phenoxy) is 1. The third-order valence-corrected chi connectivity index (χ3v) is 4.45. The smallest absolute Gasteiger partial charge is 0.387 e. The zero-order valence-corrected chi connectivity index (χ0v) is 15.7. The van der Waals surface area contributed by atoms with E-state index >= 15 is 0 Å². The summed E-state index contributed by atoms with van der Waals surface area (Å²) in [7, 11) is 0. The highest BCUT2D eigenvalue weighted by atomic mass is 19.3. The molecule has 0 bridgehead atoms. The second-order valence-corrected chi connectivity index (χ2v) is 6.31. The molecule has 3 rings (SSSR count). The lowest BCUT2D eigenvalue weighted by molar-refractivity contribution is -0.0498. The molecule has 0 aliphatic carbocycles. The van der Waals surface area contributed by atoms with Gasteiger partial charge in [0.1, 0.15) is 12.4 Å². The van der Waals surface area contributed by atoms with Gasteiger partial charge in [0, 0.05) is 0 Å². The fraction of sp³-hybridized carbons (Fsp3) is 0.174. The van der Waals surface area contributed by atoms with E-state index in [0.717, 1.165) is 27.8 Å². The number of nitrogens with zero attached hydrogens (tertiary/aromatic N) is 1. The molecular weight excluding hydrogens is 360 g/mol. The Morgan fingerprint density at radius 1 is 0.929 bits per heavy atom. The van der Waals surface area contributed by atoms with Gasteiger partial charge < -0.3 is 9.57 Å². The van der Waals surface area contributed by atoms with Crippen LogP contribution in [0.1, 0.15) is 23.6 Å². The molecule has 144 valence electrons. The first-order valence-electron chi connectivity index (χ1n) is 8.90. The summed E-state index contributed by atoms with van der Waals surface area (Å²) in [6, 6.07) is 22.6. The highest BCUT2D eigenvalue weighted by molar-refractivity contribution is 5.98. The van der Waals surface area contributed by atoms with Gasteiger partial charge >= 0.3 is 6.61 Å². The van der Waals surface area contributed by atoms with Gasteiger partial charge in [-0.15, -0.1) is 0 Å². The van der Waals surface area contributed by atoms with E-state index in [1.54, 1.807) is 19.1 Å². The summed E-state index contributed by atoms with van der Waals surface area (Å²) in [5.74, 6) is 0.112.